The lowest BCUT2D eigenvalue weighted by Gasteiger charge is -2.24. The van der Waals surface area contributed by atoms with Crippen molar-refractivity contribution in [2.24, 2.45) is 5.73 Å². The molecule has 3 amide bonds. The smallest absolute Gasteiger partial charge is 0.312 e. The molecule has 1 aliphatic carbocycles. The van der Waals surface area contributed by atoms with Crippen LogP contribution in [0.3, 0.4) is 0 Å². The number of urea groups is 1. The molecule has 4 N–H and O–H groups in total. The van der Waals surface area contributed by atoms with Crippen molar-refractivity contribution in [2.75, 3.05) is 0 Å². The molecule has 0 unspecified atom stereocenters. The standard InChI is InChI=1S/C16H22BrN3O2/c17-12-6-4-5-11(9-12)14(20-16(18)22)10-15(21)19-13-7-2-1-3-8-13/h4-6,9,13-14H,1-3,7-8,10H2,(H,19,21)(H3,18,20,22)/t14-/m0/s1. The first-order valence-corrected chi connectivity index (χ1v) is 8.44. The largest absolute Gasteiger partial charge is 0.353 e. The van der Waals surface area contributed by atoms with E-state index >= 15 is 0 Å². The molecule has 0 heterocycles. The fourth-order valence-electron chi connectivity index (χ4n) is 2.87. The van der Waals surface area contributed by atoms with E-state index in [9.17, 15) is 9.59 Å². The molecule has 1 saturated carbocycles. The molecular formula is C16H22BrN3O2. The maximum Gasteiger partial charge on any atom is 0.312 e. The number of benzene rings is 1. The van der Waals surface area contributed by atoms with Crippen LogP contribution in [0.1, 0.15) is 50.1 Å². The molecule has 0 radical (unpaired) electrons. The summed E-state index contributed by atoms with van der Waals surface area (Å²) in [5, 5.41) is 5.71. The van der Waals surface area contributed by atoms with E-state index < -0.39 is 12.1 Å². The minimum Gasteiger partial charge on any atom is -0.353 e. The summed E-state index contributed by atoms with van der Waals surface area (Å²) in [5.41, 5.74) is 6.09. The van der Waals surface area contributed by atoms with Crippen LogP contribution < -0.4 is 16.4 Å². The number of rotatable bonds is 5. The van der Waals surface area contributed by atoms with Gasteiger partial charge in [0.1, 0.15) is 0 Å². The van der Waals surface area contributed by atoms with Crippen LogP contribution in [0.15, 0.2) is 28.7 Å². The van der Waals surface area contributed by atoms with Gasteiger partial charge in [0.2, 0.25) is 5.91 Å². The van der Waals surface area contributed by atoms with Crippen LogP contribution in [0, 0.1) is 0 Å². The fourth-order valence-corrected chi connectivity index (χ4v) is 3.28. The van der Waals surface area contributed by atoms with Gasteiger partial charge in [-0.2, -0.15) is 0 Å². The van der Waals surface area contributed by atoms with Gasteiger partial charge in [-0.1, -0.05) is 47.3 Å². The number of amides is 3. The van der Waals surface area contributed by atoms with E-state index in [1.807, 2.05) is 24.3 Å². The topological polar surface area (TPSA) is 84.2 Å². The predicted molar refractivity (Wildman–Crippen MR) is 89.2 cm³/mol. The minimum absolute atomic E-state index is 0.0503. The molecule has 22 heavy (non-hydrogen) atoms. The Morgan fingerprint density at radius 1 is 1.27 bits per heavy atom. The average Bonchev–Trinajstić information content (AvgIpc) is 2.47. The van der Waals surface area contributed by atoms with Gasteiger partial charge in [-0.05, 0) is 30.5 Å². The Hall–Kier alpha value is -1.56. The number of carbonyl (C=O) groups is 2. The summed E-state index contributed by atoms with van der Waals surface area (Å²) in [6.07, 6.45) is 5.85. The molecule has 1 aromatic rings. The van der Waals surface area contributed by atoms with E-state index in [4.69, 9.17) is 5.73 Å². The maximum absolute atomic E-state index is 12.2. The number of primary amides is 1. The van der Waals surface area contributed by atoms with Gasteiger partial charge in [-0.25, -0.2) is 4.79 Å². The van der Waals surface area contributed by atoms with Crippen molar-refractivity contribution in [3.8, 4) is 0 Å². The molecule has 6 heteroatoms. The molecule has 1 fully saturated rings. The number of carbonyl (C=O) groups excluding carboxylic acids is 2. The van der Waals surface area contributed by atoms with Gasteiger partial charge in [-0.15, -0.1) is 0 Å². The Morgan fingerprint density at radius 2 is 2.00 bits per heavy atom. The second-order valence-electron chi connectivity index (χ2n) is 5.72. The summed E-state index contributed by atoms with van der Waals surface area (Å²) in [5.74, 6) is -0.0503. The van der Waals surface area contributed by atoms with Crippen LogP contribution in [-0.4, -0.2) is 18.0 Å². The first-order valence-electron chi connectivity index (χ1n) is 7.65. The van der Waals surface area contributed by atoms with Crippen LogP contribution >= 0.6 is 15.9 Å². The molecule has 2 rings (SSSR count). The lowest BCUT2D eigenvalue weighted by molar-refractivity contribution is -0.122. The first kappa shape index (κ1) is 16.8. The van der Waals surface area contributed by atoms with Gasteiger partial charge in [0, 0.05) is 10.5 Å². The van der Waals surface area contributed by atoms with Gasteiger partial charge in [0.25, 0.3) is 0 Å². The molecule has 0 saturated heterocycles. The van der Waals surface area contributed by atoms with E-state index in [0.717, 1.165) is 22.9 Å². The Labute approximate surface area is 139 Å². The predicted octanol–water partition coefficient (Wildman–Crippen LogP) is 3.00. The van der Waals surface area contributed by atoms with E-state index in [1.54, 1.807) is 0 Å². The summed E-state index contributed by atoms with van der Waals surface area (Å²) in [6, 6.07) is 6.74. The van der Waals surface area contributed by atoms with Crippen LogP contribution in [-0.2, 0) is 4.79 Å². The lowest BCUT2D eigenvalue weighted by Crippen LogP contribution is -2.40. The summed E-state index contributed by atoms with van der Waals surface area (Å²) in [7, 11) is 0. The number of nitrogens with two attached hydrogens (primary N) is 1. The van der Waals surface area contributed by atoms with Crippen molar-refractivity contribution in [3.05, 3.63) is 34.3 Å². The Balaban J connectivity index is 1.99. The second-order valence-corrected chi connectivity index (χ2v) is 6.64. The highest BCUT2D eigenvalue weighted by Crippen LogP contribution is 2.22. The molecule has 1 aromatic carbocycles. The molecule has 0 spiro atoms. The summed E-state index contributed by atoms with van der Waals surface area (Å²) >= 11 is 3.40. The average molecular weight is 368 g/mol. The van der Waals surface area contributed by atoms with E-state index in [2.05, 4.69) is 26.6 Å². The van der Waals surface area contributed by atoms with Crippen LogP contribution in [0.5, 0.6) is 0 Å². The maximum atomic E-state index is 12.2. The Bertz CT molecular complexity index is 530. The summed E-state index contributed by atoms with van der Waals surface area (Å²) < 4.78 is 0.897. The molecule has 1 aliphatic rings. The Kier molecular flexibility index (Phi) is 6.24. The highest BCUT2D eigenvalue weighted by atomic mass is 79.9. The van der Waals surface area contributed by atoms with Crippen molar-refractivity contribution < 1.29 is 9.59 Å². The quantitative estimate of drug-likeness (QED) is 0.747. The van der Waals surface area contributed by atoms with Crippen molar-refractivity contribution in [1.29, 1.82) is 0 Å². The zero-order valence-electron chi connectivity index (χ0n) is 12.5. The zero-order chi connectivity index (χ0) is 15.9. The SMILES string of the molecule is NC(=O)N[C@@H](CC(=O)NC1CCCCC1)c1cccc(Br)c1. The van der Waals surface area contributed by atoms with E-state index in [-0.39, 0.29) is 18.4 Å². The molecule has 0 aliphatic heterocycles. The van der Waals surface area contributed by atoms with Crippen molar-refractivity contribution in [3.63, 3.8) is 0 Å². The summed E-state index contributed by atoms with van der Waals surface area (Å²) in [6.45, 7) is 0. The van der Waals surface area contributed by atoms with Crippen LogP contribution in [0.2, 0.25) is 0 Å². The number of hydrogen-bond acceptors (Lipinski definition) is 2. The van der Waals surface area contributed by atoms with E-state index in [1.165, 1.54) is 19.3 Å². The highest BCUT2D eigenvalue weighted by molar-refractivity contribution is 9.10. The normalized spacial score (nSPS) is 16.8. The lowest BCUT2D eigenvalue weighted by atomic mass is 9.95. The number of nitrogens with one attached hydrogen (secondary N) is 2. The number of halogens is 1. The monoisotopic (exact) mass is 367 g/mol. The minimum atomic E-state index is -0.629. The van der Waals surface area contributed by atoms with Crippen LogP contribution in [0.25, 0.3) is 0 Å². The summed E-state index contributed by atoms with van der Waals surface area (Å²) in [4.78, 5) is 23.5. The van der Waals surface area contributed by atoms with Gasteiger partial charge in [0.15, 0.2) is 0 Å². The van der Waals surface area contributed by atoms with Crippen molar-refractivity contribution in [1.82, 2.24) is 10.6 Å². The van der Waals surface area contributed by atoms with Crippen LogP contribution in [0.4, 0.5) is 4.79 Å². The fraction of sp³-hybridized carbons (Fsp3) is 0.500. The number of hydrogen-bond donors (Lipinski definition) is 3. The first-order chi connectivity index (χ1) is 10.5. The molecular weight excluding hydrogens is 346 g/mol. The van der Waals surface area contributed by atoms with Gasteiger partial charge >= 0.3 is 6.03 Å². The molecule has 5 nitrogen and oxygen atoms in total. The van der Waals surface area contributed by atoms with Crippen molar-refractivity contribution in [2.45, 2.75) is 50.6 Å². The van der Waals surface area contributed by atoms with E-state index in [0.29, 0.717) is 0 Å². The molecule has 0 aromatic heterocycles. The third kappa shape index (κ3) is 5.33. The van der Waals surface area contributed by atoms with Gasteiger partial charge in [-0.3, -0.25) is 4.79 Å². The second kappa shape index (κ2) is 8.17. The van der Waals surface area contributed by atoms with Crippen molar-refractivity contribution >= 4 is 27.9 Å². The van der Waals surface area contributed by atoms with Gasteiger partial charge < -0.3 is 16.4 Å². The molecule has 0 bridgehead atoms. The third-order valence-corrected chi connectivity index (χ3v) is 4.42. The third-order valence-electron chi connectivity index (χ3n) is 3.93. The molecule has 1 atom stereocenters. The molecule has 120 valence electrons. The Morgan fingerprint density at radius 3 is 2.64 bits per heavy atom. The zero-order valence-corrected chi connectivity index (χ0v) is 14.1. The van der Waals surface area contributed by atoms with Gasteiger partial charge in [0.05, 0.1) is 12.5 Å². The highest BCUT2D eigenvalue weighted by Gasteiger charge is 2.21.